The van der Waals surface area contributed by atoms with Crippen LogP contribution in [0.5, 0.6) is 0 Å². The molecule has 1 atom stereocenters. The van der Waals surface area contributed by atoms with Crippen LogP contribution >= 0.6 is 0 Å². The summed E-state index contributed by atoms with van der Waals surface area (Å²) in [6.45, 7) is 9.10. The maximum atomic E-state index is 11.4. The van der Waals surface area contributed by atoms with Crippen LogP contribution in [-0.4, -0.2) is 44.4 Å². The number of benzene rings is 2. The van der Waals surface area contributed by atoms with Crippen molar-refractivity contribution in [1.82, 2.24) is 10.2 Å². The third-order valence-electron chi connectivity index (χ3n) is 8.59. The van der Waals surface area contributed by atoms with E-state index in [0.29, 0.717) is 11.3 Å². The zero-order valence-corrected chi connectivity index (χ0v) is 20.9. The number of likely N-dealkylation sites (tertiary alicyclic amines) is 1. The molecule has 2 heterocycles. The number of nitrogens with zero attached hydrogens (tertiary/aromatic N) is 1. The fourth-order valence-electron chi connectivity index (χ4n) is 6.54. The molecule has 3 nitrogen and oxygen atoms in total. The van der Waals surface area contributed by atoms with Crippen molar-refractivity contribution >= 4 is 6.29 Å². The molecular weight excluding hydrogens is 404 g/mol. The summed E-state index contributed by atoms with van der Waals surface area (Å²) < 4.78 is 0. The normalized spacial score (nSPS) is 24.2. The van der Waals surface area contributed by atoms with Gasteiger partial charge in [0.05, 0.1) is 5.41 Å². The van der Waals surface area contributed by atoms with Crippen LogP contribution in [-0.2, 0) is 10.2 Å². The first-order chi connectivity index (χ1) is 16.0. The van der Waals surface area contributed by atoms with Crippen molar-refractivity contribution in [3.8, 4) is 0 Å². The predicted octanol–water partition coefficient (Wildman–Crippen LogP) is 5.79. The number of carbonyl (C=O) groups is 1. The zero-order valence-electron chi connectivity index (χ0n) is 20.9. The third kappa shape index (κ3) is 5.41. The van der Waals surface area contributed by atoms with E-state index in [4.69, 9.17) is 0 Å². The van der Waals surface area contributed by atoms with Crippen molar-refractivity contribution < 1.29 is 4.79 Å². The van der Waals surface area contributed by atoms with Crippen molar-refractivity contribution in [3.63, 3.8) is 0 Å². The summed E-state index contributed by atoms with van der Waals surface area (Å²) in [7, 11) is 2.26. The first-order valence-electron chi connectivity index (χ1n) is 13.0. The maximum Gasteiger partial charge on any atom is 0.130 e. The second kappa shape index (κ2) is 10.5. The minimum Gasteiger partial charge on any atom is -0.316 e. The van der Waals surface area contributed by atoms with Gasteiger partial charge in [-0.25, -0.2) is 0 Å². The Labute approximate surface area is 201 Å². The highest BCUT2D eigenvalue weighted by molar-refractivity contribution is 5.69. The van der Waals surface area contributed by atoms with Gasteiger partial charge in [-0.15, -0.1) is 0 Å². The van der Waals surface area contributed by atoms with Crippen molar-refractivity contribution in [2.24, 2.45) is 5.41 Å². The van der Waals surface area contributed by atoms with Gasteiger partial charge in [0, 0.05) is 12.5 Å². The summed E-state index contributed by atoms with van der Waals surface area (Å²) in [5, 5.41) is 3.60. The van der Waals surface area contributed by atoms with Crippen molar-refractivity contribution in [2.45, 2.75) is 70.1 Å². The number of aryl methyl sites for hydroxylation is 2. The number of nitrogens with one attached hydrogen (secondary N) is 1. The van der Waals surface area contributed by atoms with E-state index >= 15 is 0 Å². The van der Waals surface area contributed by atoms with Gasteiger partial charge in [-0.05, 0) is 89.2 Å². The smallest absolute Gasteiger partial charge is 0.130 e. The minimum atomic E-state index is -0.170. The van der Waals surface area contributed by atoms with E-state index in [1.165, 1.54) is 80.3 Å². The Morgan fingerprint density at radius 2 is 1.55 bits per heavy atom. The molecule has 0 aromatic heterocycles. The van der Waals surface area contributed by atoms with E-state index in [1.54, 1.807) is 0 Å². The molecule has 33 heavy (non-hydrogen) atoms. The number of carbonyl (C=O) groups excluding carboxylic acids is 1. The fourth-order valence-corrected chi connectivity index (χ4v) is 6.54. The van der Waals surface area contributed by atoms with Gasteiger partial charge >= 0.3 is 0 Å². The molecule has 1 aliphatic carbocycles. The van der Waals surface area contributed by atoms with Crippen LogP contribution in [0.2, 0.25) is 0 Å². The highest BCUT2D eigenvalue weighted by Gasteiger charge is 2.42. The molecule has 3 heteroatoms. The van der Waals surface area contributed by atoms with Crippen molar-refractivity contribution in [3.05, 3.63) is 70.8 Å². The van der Waals surface area contributed by atoms with Crippen molar-refractivity contribution in [2.75, 3.05) is 33.2 Å². The van der Waals surface area contributed by atoms with Crippen LogP contribution in [0.3, 0.4) is 0 Å². The number of piperidine rings is 2. The van der Waals surface area contributed by atoms with Gasteiger partial charge in [-0.2, -0.15) is 0 Å². The Morgan fingerprint density at radius 3 is 2.15 bits per heavy atom. The summed E-state index contributed by atoms with van der Waals surface area (Å²) >= 11 is 0. The molecule has 2 aromatic rings. The fraction of sp³-hybridized carbons (Fsp3) is 0.567. The Balaban J connectivity index is 0.000000160. The molecule has 3 aliphatic rings. The molecule has 2 aliphatic heterocycles. The van der Waals surface area contributed by atoms with Gasteiger partial charge in [-0.3, -0.25) is 0 Å². The molecule has 1 unspecified atom stereocenters. The largest absolute Gasteiger partial charge is 0.316 e. The molecule has 2 saturated heterocycles. The van der Waals surface area contributed by atoms with E-state index in [9.17, 15) is 4.79 Å². The highest BCUT2D eigenvalue weighted by atomic mass is 16.1. The predicted molar refractivity (Wildman–Crippen MR) is 138 cm³/mol. The molecule has 0 amide bonds. The number of hydrogen-bond donors (Lipinski definition) is 1. The van der Waals surface area contributed by atoms with Gasteiger partial charge in [0.15, 0.2) is 0 Å². The number of rotatable bonds is 3. The summed E-state index contributed by atoms with van der Waals surface area (Å²) in [5.74, 6) is 0.709. The van der Waals surface area contributed by atoms with Gasteiger partial charge in [0.2, 0.25) is 0 Å². The summed E-state index contributed by atoms with van der Waals surface area (Å²) in [5.41, 5.74) is 5.67. The lowest BCUT2D eigenvalue weighted by atomic mass is 9.63. The molecule has 0 radical (unpaired) electrons. The maximum absolute atomic E-state index is 11.4. The zero-order chi connectivity index (χ0) is 23.3. The van der Waals surface area contributed by atoms with Crippen LogP contribution in [0.25, 0.3) is 0 Å². The number of hydrogen-bond acceptors (Lipinski definition) is 3. The monoisotopic (exact) mass is 446 g/mol. The molecule has 0 bridgehead atoms. The average molecular weight is 447 g/mol. The van der Waals surface area contributed by atoms with E-state index in [-0.39, 0.29) is 5.41 Å². The lowest BCUT2D eigenvalue weighted by Gasteiger charge is -2.49. The topological polar surface area (TPSA) is 32.3 Å². The van der Waals surface area contributed by atoms with E-state index in [0.717, 1.165) is 19.4 Å². The molecule has 1 saturated carbocycles. The minimum absolute atomic E-state index is 0.170. The Hall–Kier alpha value is -1.97. The first-order valence-corrected chi connectivity index (χ1v) is 13.0. The van der Waals surface area contributed by atoms with Crippen LogP contribution in [0.15, 0.2) is 48.5 Å². The lowest BCUT2D eigenvalue weighted by molar-refractivity contribution is -0.112. The quantitative estimate of drug-likeness (QED) is 0.606. The summed E-state index contributed by atoms with van der Waals surface area (Å²) in [4.78, 5) is 13.8. The van der Waals surface area contributed by atoms with Crippen LogP contribution < -0.4 is 5.32 Å². The van der Waals surface area contributed by atoms with E-state index in [2.05, 4.69) is 79.6 Å². The summed E-state index contributed by atoms with van der Waals surface area (Å²) in [6, 6.07) is 17.6. The van der Waals surface area contributed by atoms with Crippen LogP contribution in [0.4, 0.5) is 0 Å². The number of aldehydes is 1. The summed E-state index contributed by atoms with van der Waals surface area (Å²) in [6.07, 6.45) is 9.68. The van der Waals surface area contributed by atoms with E-state index in [1.807, 2.05) is 0 Å². The van der Waals surface area contributed by atoms with Gasteiger partial charge in [-0.1, -0.05) is 72.5 Å². The molecule has 1 spiro atoms. The Kier molecular flexibility index (Phi) is 7.71. The lowest BCUT2D eigenvalue weighted by Crippen LogP contribution is -2.49. The second-order valence-electron chi connectivity index (χ2n) is 10.9. The second-order valence-corrected chi connectivity index (χ2v) is 10.9. The SMILES string of the molecule is CN1CCC2(CCNCC2c2ccccc2)CC1.Cc1cc(C)cc(C2(C=O)CCCC2)c1. The van der Waals surface area contributed by atoms with Crippen molar-refractivity contribution in [1.29, 1.82) is 0 Å². The first kappa shape index (κ1) is 24.2. The molecule has 5 rings (SSSR count). The van der Waals surface area contributed by atoms with Crippen LogP contribution in [0, 0.1) is 19.3 Å². The Bertz CT molecular complexity index is 888. The molecule has 178 valence electrons. The molecule has 1 N–H and O–H groups in total. The standard InChI is InChI=1S/C16H24N2.C14H18O/c1-18-11-8-16(9-12-18)7-10-17-13-15(16)14-5-3-2-4-6-14;1-11-7-12(2)9-13(8-11)14(10-15)5-3-4-6-14/h2-6,15,17H,7-13H2,1H3;7-10H,3-6H2,1-2H3. The van der Waals surface area contributed by atoms with Crippen LogP contribution in [0.1, 0.15) is 73.1 Å². The molecule has 2 aromatic carbocycles. The van der Waals surface area contributed by atoms with Gasteiger partial charge < -0.3 is 15.0 Å². The van der Waals surface area contributed by atoms with E-state index < -0.39 is 0 Å². The average Bonchev–Trinajstić information content (AvgIpc) is 3.33. The third-order valence-corrected chi connectivity index (χ3v) is 8.59. The molecule has 3 fully saturated rings. The highest BCUT2D eigenvalue weighted by Crippen LogP contribution is 2.48. The van der Waals surface area contributed by atoms with Gasteiger partial charge in [0.25, 0.3) is 0 Å². The molecular formula is C30H42N2O. The van der Waals surface area contributed by atoms with Gasteiger partial charge in [0.1, 0.15) is 6.29 Å². The Morgan fingerprint density at radius 1 is 0.909 bits per heavy atom.